The van der Waals surface area contributed by atoms with E-state index < -0.39 is 0 Å². The van der Waals surface area contributed by atoms with Crippen molar-refractivity contribution >= 4 is 11.8 Å². The predicted octanol–water partition coefficient (Wildman–Crippen LogP) is 6.74. The Bertz CT molecular complexity index is 1770. The molecule has 6 rings (SSSR count). The van der Waals surface area contributed by atoms with E-state index in [2.05, 4.69) is 16.7 Å². The first-order valence-corrected chi connectivity index (χ1v) is 14.7. The quantitative estimate of drug-likeness (QED) is 0.212. The molecule has 0 atom stereocenters. The van der Waals surface area contributed by atoms with Gasteiger partial charge in [-0.3, -0.25) is 9.59 Å². The molecule has 4 aromatic carbocycles. The third kappa shape index (κ3) is 5.69. The Hall–Kier alpha value is -5.30. The van der Waals surface area contributed by atoms with Gasteiger partial charge in [0.25, 0.3) is 11.8 Å². The van der Waals surface area contributed by atoms with E-state index in [9.17, 15) is 9.59 Å². The van der Waals surface area contributed by atoms with E-state index in [0.29, 0.717) is 37.3 Å². The van der Waals surface area contributed by atoms with Crippen molar-refractivity contribution in [2.24, 2.45) is 0 Å². The molecule has 5 aromatic rings. The summed E-state index contributed by atoms with van der Waals surface area (Å²) in [4.78, 5) is 30.9. The second-order valence-corrected chi connectivity index (χ2v) is 10.8. The van der Waals surface area contributed by atoms with Crippen LogP contribution in [0.4, 0.5) is 0 Å². The molecule has 0 unspecified atom stereocenters. The lowest BCUT2D eigenvalue weighted by Crippen LogP contribution is -2.50. The van der Waals surface area contributed by atoms with E-state index in [-0.39, 0.29) is 11.8 Å². The zero-order valence-corrected chi connectivity index (χ0v) is 25.2. The molecule has 1 aliphatic heterocycles. The Morgan fingerprint density at radius 1 is 0.591 bits per heavy atom. The highest BCUT2D eigenvalue weighted by Crippen LogP contribution is 2.32. The van der Waals surface area contributed by atoms with Crippen LogP contribution in [0.15, 0.2) is 109 Å². The van der Waals surface area contributed by atoms with Gasteiger partial charge in [-0.1, -0.05) is 48.5 Å². The molecule has 222 valence electrons. The number of carbonyl (C=O) groups is 2. The second kappa shape index (κ2) is 12.5. The number of amides is 2. The molecule has 1 aliphatic rings. The van der Waals surface area contributed by atoms with Crippen molar-refractivity contribution in [1.82, 2.24) is 14.4 Å². The number of methoxy groups -OCH3 is 2. The van der Waals surface area contributed by atoms with E-state index in [1.165, 1.54) is 0 Å². The molecule has 1 saturated heterocycles. The van der Waals surface area contributed by atoms with Crippen LogP contribution in [-0.2, 0) is 0 Å². The van der Waals surface area contributed by atoms with Crippen LogP contribution in [0.1, 0.15) is 26.4 Å². The predicted molar refractivity (Wildman–Crippen MR) is 173 cm³/mol. The third-order valence-corrected chi connectivity index (χ3v) is 8.27. The number of hydrogen-bond donors (Lipinski definition) is 0. The second-order valence-electron chi connectivity index (χ2n) is 10.8. The SMILES string of the molecule is COc1ccc(-c2cc(C(=O)N3CCN(C(=O)c4ccc(-c5ccccc5)cc4)CC3)c(C)n2-c2cccc(OC)c2)cc1. The number of rotatable bonds is 7. The Morgan fingerprint density at radius 2 is 1.18 bits per heavy atom. The summed E-state index contributed by atoms with van der Waals surface area (Å²) in [6, 6.07) is 35.4. The molecular formula is C37H35N3O4. The maximum atomic E-state index is 14.0. The summed E-state index contributed by atoms with van der Waals surface area (Å²) in [5, 5.41) is 0. The number of piperazine rings is 1. The van der Waals surface area contributed by atoms with Gasteiger partial charge in [-0.05, 0) is 78.2 Å². The molecule has 2 heterocycles. The molecule has 0 saturated carbocycles. The van der Waals surface area contributed by atoms with Gasteiger partial charge in [0.05, 0.1) is 25.5 Å². The standard InChI is InChI=1S/C37H35N3O4/c1-26-34(25-35(29-16-18-32(43-2)19-17-29)40(26)31-10-7-11-33(24-31)44-3)37(42)39-22-20-38(21-23-39)36(41)30-14-12-28(13-15-30)27-8-5-4-6-9-27/h4-19,24-25H,20-23H2,1-3H3. The van der Waals surface area contributed by atoms with Crippen molar-refractivity contribution < 1.29 is 19.1 Å². The van der Waals surface area contributed by atoms with E-state index in [1.807, 2.05) is 114 Å². The summed E-state index contributed by atoms with van der Waals surface area (Å²) < 4.78 is 12.9. The normalized spacial score (nSPS) is 13.1. The fraction of sp³-hybridized carbons (Fsp3) is 0.189. The van der Waals surface area contributed by atoms with Crippen LogP contribution in [0.3, 0.4) is 0 Å². The molecule has 7 nitrogen and oxygen atoms in total. The van der Waals surface area contributed by atoms with Crippen LogP contribution in [0.25, 0.3) is 28.1 Å². The molecule has 0 radical (unpaired) electrons. The summed E-state index contributed by atoms with van der Waals surface area (Å²) in [6.07, 6.45) is 0. The van der Waals surface area contributed by atoms with Crippen molar-refractivity contribution in [3.05, 3.63) is 126 Å². The van der Waals surface area contributed by atoms with Crippen LogP contribution in [0.5, 0.6) is 11.5 Å². The Balaban J connectivity index is 1.21. The van der Waals surface area contributed by atoms with Crippen LogP contribution in [0.2, 0.25) is 0 Å². The average molecular weight is 586 g/mol. The van der Waals surface area contributed by atoms with Gasteiger partial charge in [-0.2, -0.15) is 0 Å². The molecular weight excluding hydrogens is 550 g/mol. The highest BCUT2D eigenvalue weighted by atomic mass is 16.5. The Kier molecular flexibility index (Phi) is 8.19. The molecule has 44 heavy (non-hydrogen) atoms. The molecule has 1 aromatic heterocycles. The van der Waals surface area contributed by atoms with E-state index in [0.717, 1.165) is 45.3 Å². The molecule has 2 amide bonds. The van der Waals surface area contributed by atoms with Crippen LogP contribution < -0.4 is 9.47 Å². The molecule has 7 heteroatoms. The smallest absolute Gasteiger partial charge is 0.255 e. The summed E-state index contributed by atoms with van der Waals surface area (Å²) in [5.41, 5.74) is 7.08. The Morgan fingerprint density at radius 3 is 1.82 bits per heavy atom. The zero-order chi connectivity index (χ0) is 30.6. The van der Waals surface area contributed by atoms with Gasteiger partial charge in [0, 0.05) is 49.2 Å². The van der Waals surface area contributed by atoms with Crippen LogP contribution >= 0.6 is 0 Å². The summed E-state index contributed by atoms with van der Waals surface area (Å²) in [5.74, 6) is 1.44. The first-order chi connectivity index (χ1) is 21.5. The third-order valence-electron chi connectivity index (χ3n) is 8.27. The van der Waals surface area contributed by atoms with Gasteiger partial charge >= 0.3 is 0 Å². The first-order valence-electron chi connectivity index (χ1n) is 14.7. The number of hydrogen-bond acceptors (Lipinski definition) is 4. The van der Waals surface area contributed by atoms with Gasteiger partial charge in [-0.25, -0.2) is 0 Å². The molecule has 0 aliphatic carbocycles. The van der Waals surface area contributed by atoms with E-state index in [1.54, 1.807) is 14.2 Å². The van der Waals surface area contributed by atoms with E-state index >= 15 is 0 Å². The Labute approximate surface area is 257 Å². The van der Waals surface area contributed by atoms with Crippen molar-refractivity contribution in [1.29, 1.82) is 0 Å². The van der Waals surface area contributed by atoms with Crippen molar-refractivity contribution in [3.63, 3.8) is 0 Å². The lowest BCUT2D eigenvalue weighted by atomic mass is 10.0. The first kappa shape index (κ1) is 28.8. The molecule has 0 spiro atoms. The summed E-state index contributed by atoms with van der Waals surface area (Å²) in [7, 11) is 3.29. The van der Waals surface area contributed by atoms with E-state index in [4.69, 9.17) is 9.47 Å². The highest BCUT2D eigenvalue weighted by Gasteiger charge is 2.28. The number of benzene rings is 4. The number of carbonyl (C=O) groups excluding carboxylic acids is 2. The number of ether oxygens (including phenoxy) is 2. The molecule has 0 N–H and O–H groups in total. The summed E-state index contributed by atoms with van der Waals surface area (Å²) >= 11 is 0. The topological polar surface area (TPSA) is 64.0 Å². The van der Waals surface area contributed by atoms with Gasteiger partial charge < -0.3 is 23.8 Å². The minimum Gasteiger partial charge on any atom is -0.497 e. The maximum absolute atomic E-state index is 14.0. The number of nitrogens with zero attached hydrogens (tertiary/aromatic N) is 3. The average Bonchev–Trinajstić information content (AvgIpc) is 3.44. The zero-order valence-electron chi connectivity index (χ0n) is 25.2. The van der Waals surface area contributed by atoms with Gasteiger partial charge in [0.15, 0.2) is 0 Å². The van der Waals surface area contributed by atoms with Crippen molar-refractivity contribution in [3.8, 4) is 39.6 Å². The van der Waals surface area contributed by atoms with Crippen molar-refractivity contribution in [2.75, 3.05) is 40.4 Å². The molecule has 1 fully saturated rings. The van der Waals surface area contributed by atoms with Gasteiger partial charge in [-0.15, -0.1) is 0 Å². The summed E-state index contributed by atoms with van der Waals surface area (Å²) in [6.45, 7) is 3.86. The van der Waals surface area contributed by atoms with Crippen LogP contribution in [-0.4, -0.2) is 66.6 Å². The minimum atomic E-state index is -0.0433. The maximum Gasteiger partial charge on any atom is 0.255 e. The van der Waals surface area contributed by atoms with Gasteiger partial charge in [0.1, 0.15) is 11.5 Å². The minimum absolute atomic E-state index is 0.0149. The monoisotopic (exact) mass is 585 g/mol. The van der Waals surface area contributed by atoms with Crippen molar-refractivity contribution in [2.45, 2.75) is 6.92 Å². The van der Waals surface area contributed by atoms with Crippen LogP contribution in [0, 0.1) is 6.92 Å². The fourth-order valence-corrected chi connectivity index (χ4v) is 5.78. The number of aromatic nitrogens is 1. The highest BCUT2D eigenvalue weighted by molar-refractivity contribution is 5.98. The largest absolute Gasteiger partial charge is 0.497 e. The molecule has 0 bridgehead atoms. The van der Waals surface area contributed by atoms with Gasteiger partial charge in [0.2, 0.25) is 0 Å². The lowest BCUT2D eigenvalue weighted by Gasteiger charge is -2.35. The lowest BCUT2D eigenvalue weighted by molar-refractivity contribution is 0.0535. The fourth-order valence-electron chi connectivity index (χ4n) is 5.78.